The second kappa shape index (κ2) is 6.14. The number of urea groups is 1. The van der Waals surface area contributed by atoms with Gasteiger partial charge in [0.1, 0.15) is 11.6 Å². The van der Waals surface area contributed by atoms with Gasteiger partial charge in [-0.3, -0.25) is 19.5 Å². The lowest BCUT2D eigenvalue weighted by Gasteiger charge is -2.37. The van der Waals surface area contributed by atoms with Crippen molar-refractivity contribution < 1.29 is 14.1 Å². The van der Waals surface area contributed by atoms with Gasteiger partial charge in [-0.2, -0.15) is 4.98 Å². The highest BCUT2D eigenvalue weighted by molar-refractivity contribution is 6.06. The van der Waals surface area contributed by atoms with Crippen LogP contribution in [0, 0.1) is 6.92 Å². The van der Waals surface area contributed by atoms with E-state index in [-0.39, 0.29) is 18.0 Å². The molecule has 0 bridgehead atoms. The summed E-state index contributed by atoms with van der Waals surface area (Å²) in [6.07, 6.45) is 0. The molecule has 3 amide bonds. The standard InChI is InChI=1S/C15H24N6O3/c1-10-16-12(24-18-10)11-9-20(6-5-19(11)4)7-8-21-13(22)15(2,3)17-14(21)23/h11H,5-9H2,1-4H3,(H,17,23)/t11-/m1/s1. The number of aromatic nitrogens is 2. The van der Waals surface area contributed by atoms with Crippen molar-refractivity contribution in [2.45, 2.75) is 32.4 Å². The maximum absolute atomic E-state index is 12.2. The molecular formula is C15H24N6O3. The van der Waals surface area contributed by atoms with Gasteiger partial charge in [0.15, 0.2) is 5.82 Å². The zero-order chi connectivity index (χ0) is 17.5. The zero-order valence-electron chi connectivity index (χ0n) is 14.6. The quantitative estimate of drug-likeness (QED) is 0.773. The third kappa shape index (κ3) is 3.13. The fourth-order valence-corrected chi connectivity index (χ4v) is 3.11. The highest BCUT2D eigenvalue weighted by atomic mass is 16.5. The third-order valence-corrected chi connectivity index (χ3v) is 4.64. The van der Waals surface area contributed by atoms with Crippen molar-refractivity contribution in [1.82, 2.24) is 30.2 Å². The smallest absolute Gasteiger partial charge is 0.325 e. The Balaban J connectivity index is 1.60. The molecule has 1 N–H and O–H groups in total. The Kier molecular flexibility index (Phi) is 4.31. The Morgan fingerprint density at radius 2 is 2.04 bits per heavy atom. The molecule has 0 aromatic carbocycles. The highest BCUT2D eigenvalue weighted by Crippen LogP contribution is 2.23. The van der Waals surface area contributed by atoms with Gasteiger partial charge in [-0.05, 0) is 27.8 Å². The molecule has 0 aliphatic carbocycles. The molecule has 9 heteroatoms. The molecule has 3 rings (SSSR count). The summed E-state index contributed by atoms with van der Waals surface area (Å²) in [5, 5.41) is 6.56. The number of hydrogen-bond donors (Lipinski definition) is 1. The lowest BCUT2D eigenvalue weighted by molar-refractivity contribution is -0.130. The number of carbonyl (C=O) groups excluding carboxylic acids is 2. The Morgan fingerprint density at radius 3 is 2.62 bits per heavy atom. The molecule has 0 spiro atoms. The van der Waals surface area contributed by atoms with Crippen LogP contribution in [-0.4, -0.2) is 82.1 Å². The van der Waals surface area contributed by atoms with E-state index in [1.54, 1.807) is 20.8 Å². The topological polar surface area (TPSA) is 94.8 Å². The van der Waals surface area contributed by atoms with Crippen LogP contribution in [0.4, 0.5) is 4.79 Å². The van der Waals surface area contributed by atoms with Crippen LogP contribution >= 0.6 is 0 Å². The summed E-state index contributed by atoms with van der Waals surface area (Å²) in [5.41, 5.74) is -0.816. The van der Waals surface area contributed by atoms with Crippen molar-refractivity contribution in [2.75, 3.05) is 39.8 Å². The number of likely N-dealkylation sites (N-methyl/N-ethyl adjacent to an activating group) is 1. The van der Waals surface area contributed by atoms with Gasteiger partial charge in [-0.25, -0.2) is 4.79 Å². The maximum atomic E-state index is 12.2. The summed E-state index contributed by atoms with van der Waals surface area (Å²) in [6.45, 7) is 8.71. The number of amides is 3. The molecule has 1 atom stereocenters. The molecule has 2 aliphatic rings. The predicted octanol–water partition coefficient (Wildman–Crippen LogP) is -0.00308. The van der Waals surface area contributed by atoms with E-state index in [0.717, 1.165) is 19.6 Å². The Hall–Kier alpha value is -2.00. The van der Waals surface area contributed by atoms with Crippen molar-refractivity contribution in [2.24, 2.45) is 0 Å². The van der Waals surface area contributed by atoms with Gasteiger partial charge in [-0.1, -0.05) is 5.16 Å². The normalized spacial score (nSPS) is 25.3. The van der Waals surface area contributed by atoms with Crippen LogP contribution in [0.3, 0.4) is 0 Å². The summed E-state index contributed by atoms with van der Waals surface area (Å²) in [7, 11) is 2.03. The molecule has 0 saturated carbocycles. The average molecular weight is 336 g/mol. The Labute approximate surface area is 141 Å². The number of carbonyl (C=O) groups is 2. The molecule has 132 valence electrons. The molecular weight excluding hydrogens is 312 g/mol. The molecule has 24 heavy (non-hydrogen) atoms. The molecule has 9 nitrogen and oxygen atoms in total. The minimum atomic E-state index is -0.816. The number of aryl methyl sites for hydroxylation is 1. The molecule has 1 aromatic heterocycles. The van der Waals surface area contributed by atoms with Crippen molar-refractivity contribution in [3.63, 3.8) is 0 Å². The Bertz CT molecular complexity index is 643. The van der Waals surface area contributed by atoms with E-state index in [1.807, 2.05) is 7.05 Å². The minimum Gasteiger partial charge on any atom is -0.338 e. The van der Waals surface area contributed by atoms with Gasteiger partial charge in [0.05, 0.1) is 0 Å². The molecule has 2 saturated heterocycles. The summed E-state index contributed by atoms with van der Waals surface area (Å²) >= 11 is 0. The van der Waals surface area contributed by atoms with Gasteiger partial charge in [0.25, 0.3) is 5.91 Å². The largest absolute Gasteiger partial charge is 0.338 e. The molecule has 0 unspecified atom stereocenters. The van der Waals surface area contributed by atoms with Gasteiger partial charge < -0.3 is 9.84 Å². The summed E-state index contributed by atoms with van der Waals surface area (Å²) in [6, 6.07) is -0.289. The Morgan fingerprint density at radius 1 is 1.29 bits per heavy atom. The van der Waals surface area contributed by atoms with Gasteiger partial charge >= 0.3 is 6.03 Å². The summed E-state index contributed by atoms with van der Waals surface area (Å²) < 4.78 is 5.30. The molecule has 3 heterocycles. The lowest BCUT2D eigenvalue weighted by Crippen LogP contribution is -2.49. The molecule has 2 fully saturated rings. The van der Waals surface area contributed by atoms with E-state index < -0.39 is 5.54 Å². The van der Waals surface area contributed by atoms with Gasteiger partial charge in [-0.15, -0.1) is 0 Å². The third-order valence-electron chi connectivity index (χ3n) is 4.64. The SMILES string of the molecule is Cc1noc([C@H]2CN(CCN3C(=O)NC(C)(C)C3=O)CCN2C)n1. The first-order chi connectivity index (χ1) is 11.3. The van der Waals surface area contributed by atoms with E-state index >= 15 is 0 Å². The van der Waals surface area contributed by atoms with E-state index in [0.29, 0.717) is 24.8 Å². The van der Waals surface area contributed by atoms with Crippen molar-refractivity contribution in [3.05, 3.63) is 11.7 Å². The van der Waals surface area contributed by atoms with Crippen LogP contribution < -0.4 is 5.32 Å². The van der Waals surface area contributed by atoms with Gasteiger partial charge in [0, 0.05) is 32.7 Å². The van der Waals surface area contributed by atoms with E-state index in [1.165, 1.54) is 4.90 Å². The van der Waals surface area contributed by atoms with Crippen molar-refractivity contribution in [1.29, 1.82) is 0 Å². The first-order valence-electron chi connectivity index (χ1n) is 8.15. The van der Waals surface area contributed by atoms with Crippen molar-refractivity contribution >= 4 is 11.9 Å². The zero-order valence-corrected chi connectivity index (χ0v) is 14.6. The summed E-state index contributed by atoms with van der Waals surface area (Å²) in [5.74, 6) is 1.05. The number of piperazine rings is 1. The van der Waals surface area contributed by atoms with E-state index in [4.69, 9.17) is 4.52 Å². The van der Waals surface area contributed by atoms with Gasteiger partial charge in [0.2, 0.25) is 5.89 Å². The number of nitrogens with zero attached hydrogens (tertiary/aromatic N) is 5. The second-order valence-electron chi connectivity index (χ2n) is 6.99. The average Bonchev–Trinajstić information content (AvgIpc) is 3.01. The molecule has 1 aromatic rings. The minimum absolute atomic E-state index is 0.0273. The first-order valence-corrected chi connectivity index (χ1v) is 8.15. The fraction of sp³-hybridized carbons (Fsp3) is 0.733. The first kappa shape index (κ1) is 16.8. The van der Waals surface area contributed by atoms with Crippen LogP contribution in [0.1, 0.15) is 31.6 Å². The van der Waals surface area contributed by atoms with Crippen molar-refractivity contribution in [3.8, 4) is 0 Å². The monoisotopic (exact) mass is 336 g/mol. The highest BCUT2D eigenvalue weighted by Gasteiger charge is 2.44. The summed E-state index contributed by atoms with van der Waals surface area (Å²) in [4.78, 5) is 34.2. The van der Waals surface area contributed by atoms with E-state index in [9.17, 15) is 9.59 Å². The number of rotatable bonds is 4. The predicted molar refractivity (Wildman–Crippen MR) is 85.2 cm³/mol. The lowest BCUT2D eigenvalue weighted by atomic mass is 10.1. The number of nitrogens with one attached hydrogen (secondary N) is 1. The number of imide groups is 1. The molecule has 2 aliphatic heterocycles. The maximum Gasteiger partial charge on any atom is 0.325 e. The second-order valence-corrected chi connectivity index (χ2v) is 6.99. The van der Waals surface area contributed by atoms with Crippen LogP contribution in [-0.2, 0) is 4.79 Å². The fourth-order valence-electron chi connectivity index (χ4n) is 3.11. The molecule has 0 radical (unpaired) electrons. The van der Waals surface area contributed by atoms with Crippen LogP contribution in [0.25, 0.3) is 0 Å². The van der Waals surface area contributed by atoms with Crippen LogP contribution in [0.15, 0.2) is 4.52 Å². The number of hydrogen-bond acceptors (Lipinski definition) is 7. The van der Waals surface area contributed by atoms with Crippen LogP contribution in [0.2, 0.25) is 0 Å². The van der Waals surface area contributed by atoms with Crippen LogP contribution in [0.5, 0.6) is 0 Å². The van der Waals surface area contributed by atoms with E-state index in [2.05, 4.69) is 25.3 Å².